The predicted molar refractivity (Wildman–Crippen MR) is 98.9 cm³/mol. The average molecular weight is 334 g/mol. The highest BCUT2D eigenvalue weighted by Crippen LogP contribution is 2.23. The van der Waals surface area contributed by atoms with Gasteiger partial charge in [-0.3, -0.25) is 4.79 Å². The SMILES string of the molecule is CCCNC(=O)c1nc(-c2ccccc2)n(-c2cc(C)ccc2C)n1. The molecule has 0 aliphatic heterocycles. The van der Waals surface area contributed by atoms with Gasteiger partial charge in [0.15, 0.2) is 5.82 Å². The average Bonchev–Trinajstić information content (AvgIpc) is 3.07. The van der Waals surface area contributed by atoms with E-state index in [1.165, 1.54) is 0 Å². The van der Waals surface area contributed by atoms with E-state index in [0.29, 0.717) is 12.4 Å². The second kappa shape index (κ2) is 7.30. The molecule has 2 aromatic carbocycles. The van der Waals surface area contributed by atoms with Gasteiger partial charge in [0.1, 0.15) is 0 Å². The molecule has 0 aliphatic rings. The number of amides is 1. The summed E-state index contributed by atoms with van der Waals surface area (Å²) in [7, 11) is 0. The highest BCUT2D eigenvalue weighted by atomic mass is 16.2. The number of aromatic nitrogens is 3. The molecule has 0 aliphatic carbocycles. The standard InChI is InChI=1S/C20H22N4O/c1-4-12-21-20(25)18-22-19(16-8-6-5-7-9-16)24(23-18)17-13-14(2)10-11-15(17)3/h5-11,13H,4,12H2,1-3H3,(H,21,25). The second-order valence-electron chi connectivity index (χ2n) is 6.08. The van der Waals surface area contributed by atoms with Crippen LogP contribution in [0.1, 0.15) is 35.1 Å². The maximum atomic E-state index is 12.3. The van der Waals surface area contributed by atoms with Crippen molar-refractivity contribution in [1.29, 1.82) is 0 Å². The lowest BCUT2D eigenvalue weighted by Gasteiger charge is -2.10. The lowest BCUT2D eigenvalue weighted by Crippen LogP contribution is -2.25. The number of hydrogen-bond donors (Lipinski definition) is 1. The van der Waals surface area contributed by atoms with E-state index in [2.05, 4.69) is 33.6 Å². The molecule has 0 spiro atoms. The van der Waals surface area contributed by atoms with Gasteiger partial charge in [0.05, 0.1) is 5.69 Å². The fraction of sp³-hybridized carbons (Fsp3) is 0.250. The van der Waals surface area contributed by atoms with Crippen molar-refractivity contribution in [3.05, 3.63) is 65.5 Å². The molecular weight excluding hydrogens is 312 g/mol. The molecule has 0 unspecified atom stereocenters. The first-order valence-electron chi connectivity index (χ1n) is 8.48. The molecule has 1 aromatic heterocycles. The smallest absolute Gasteiger partial charge is 0.290 e. The minimum Gasteiger partial charge on any atom is -0.349 e. The van der Waals surface area contributed by atoms with Crippen LogP contribution >= 0.6 is 0 Å². The Morgan fingerprint density at radius 1 is 1.12 bits per heavy atom. The summed E-state index contributed by atoms with van der Waals surface area (Å²) in [6.45, 7) is 6.69. The molecule has 128 valence electrons. The zero-order chi connectivity index (χ0) is 17.8. The summed E-state index contributed by atoms with van der Waals surface area (Å²) >= 11 is 0. The fourth-order valence-corrected chi connectivity index (χ4v) is 2.62. The number of carbonyl (C=O) groups is 1. The molecule has 1 N–H and O–H groups in total. The molecule has 25 heavy (non-hydrogen) atoms. The molecule has 0 atom stereocenters. The Morgan fingerprint density at radius 2 is 1.88 bits per heavy atom. The summed E-state index contributed by atoms with van der Waals surface area (Å²) in [6.07, 6.45) is 0.870. The van der Waals surface area contributed by atoms with E-state index in [-0.39, 0.29) is 11.7 Å². The number of rotatable bonds is 5. The van der Waals surface area contributed by atoms with E-state index in [4.69, 9.17) is 0 Å². The van der Waals surface area contributed by atoms with Gasteiger partial charge in [-0.05, 0) is 37.5 Å². The maximum absolute atomic E-state index is 12.3. The van der Waals surface area contributed by atoms with Crippen molar-refractivity contribution in [2.24, 2.45) is 0 Å². The van der Waals surface area contributed by atoms with Crippen LogP contribution < -0.4 is 5.32 Å². The summed E-state index contributed by atoms with van der Waals surface area (Å²) in [6, 6.07) is 16.0. The van der Waals surface area contributed by atoms with Crippen molar-refractivity contribution < 1.29 is 4.79 Å². The molecule has 3 rings (SSSR count). The summed E-state index contributed by atoms with van der Waals surface area (Å²) in [4.78, 5) is 16.9. The van der Waals surface area contributed by atoms with Crippen molar-refractivity contribution >= 4 is 5.91 Å². The molecule has 1 heterocycles. The van der Waals surface area contributed by atoms with Crippen LogP contribution in [0.25, 0.3) is 17.1 Å². The first kappa shape index (κ1) is 16.9. The Balaban J connectivity index is 2.14. The van der Waals surface area contributed by atoms with E-state index >= 15 is 0 Å². The minimum atomic E-state index is -0.247. The second-order valence-corrected chi connectivity index (χ2v) is 6.08. The third kappa shape index (κ3) is 3.60. The Hall–Kier alpha value is -2.95. The highest BCUT2D eigenvalue weighted by molar-refractivity contribution is 5.91. The summed E-state index contributed by atoms with van der Waals surface area (Å²) < 4.78 is 1.76. The number of nitrogens with one attached hydrogen (secondary N) is 1. The van der Waals surface area contributed by atoms with Gasteiger partial charge in [-0.2, -0.15) is 0 Å². The van der Waals surface area contributed by atoms with Gasteiger partial charge in [0.2, 0.25) is 5.82 Å². The Bertz CT molecular complexity index is 884. The van der Waals surface area contributed by atoms with Gasteiger partial charge in [-0.25, -0.2) is 9.67 Å². The monoisotopic (exact) mass is 334 g/mol. The Labute approximate surface area is 147 Å². The van der Waals surface area contributed by atoms with Crippen LogP contribution in [-0.2, 0) is 0 Å². The molecule has 0 saturated carbocycles. The van der Waals surface area contributed by atoms with Crippen molar-refractivity contribution in [2.45, 2.75) is 27.2 Å². The topological polar surface area (TPSA) is 59.8 Å². The third-order valence-electron chi connectivity index (χ3n) is 3.97. The van der Waals surface area contributed by atoms with E-state index in [1.807, 2.05) is 51.1 Å². The minimum absolute atomic E-state index is 0.188. The quantitative estimate of drug-likeness (QED) is 0.774. The molecule has 0 radical (unpaired) electrons. The van der Waals surface area contributed by atoms with Crippen molar-refractivity contribution in [3.8, 4) is 17.1 Å². The summed E-state index contributed by atoms with van der Waals surface area (Å²) in [5.41, 5.74) is 4.06. The van der Waals surface area contributed by atoms with Crippen LogP contribution in [0.3, 0.4) is 0 Å². The van der Waals surface area contributed by atoms with Crippen LogP contribution in [0.2, 0.25) is 0 Å². The molecule has 5 heteroatoms. The van der Waals surface area contributed by atoms with Gasteiger partial charge in [-0.1, -0.05) is 49.4 Å². The van der Waals surface area contributed by atoms with Crippen molar-refractivity contribution in [1.82, 2.24) is 20.1 Å². The van der Waals surface area contributed by atoms with Crippen LogP contribution in [0.15, 0.2) is 48.5 Å². The maximum Gasteiger partial charge on any atom is 0.290 e. The Kier molecular flexibility index (Phi) is 4.93. The van der Waals surface area contributed by atoms with E-state index in [1.54, 1.807) is 4.68 Å². The molecule has 5 nitrogen and oxygen atoms in total. The lowest BCUT2D eigenvalue weighted by molar-refractivity contribution is 0.0943. The molecule has 1 amide bonds. The first-order valence-corrected chi connectivity index (χ1v) is 8.48. The number of benzene rings is 2. The fourth-order valence-electron chi connectivity index (χ4n) is 2.62. The van der Waals surface area contributed by atoms with Crippen molar-refractivity contribution in [2.75, 3.05) is 6.54 Å². The molecular formula is C20H22N4O. The lowest BCUT2D eigenvalue weighted by atomic mass is 10.1. The zero-order valence-electron chi connectivity index (χ0n) is 14.8. The van der Waals surface area contributed by atoms with Gasteiger partial charge in [0.25, 0.3) is 5.91 Å². The zero-order valence-corrected chi connectivity index (χ0v) is 14.8. The van der Waals surface area contributed by atoms with E-state index < -0.39 is 0 Å². The van der Waals surface area contributed by atoms with Crippen LogP contribution in [-0.4, -0.2) is 27.2 Å². The number of aryl methyl sites for hydroxylation is 2. The van der Waals surface area contributed by atoms with Gasteiger partial charge in [-0.15, -0.1) is 5.10 Å². The molecule has 0 saturated heterocycles. The molecule has 0 bridgehead atoms. The Morgan fingerprint density at radius 3 is 2.60 bits per heavy atom. The van der Waals surface area contributed by atoms with Crippen LogP contribution in [0.5, 0.6) is 0 Å². The highest BCUT2D eigenvalue weighted by Gasteiger charge is 2.19. The largest absolute Gasteiger partial charge is 0.349 e. The number of nitrogens with zero attached hydrogens (tertiary/aromatic N) is 3. The van der Waals surface area contributed by atoms with Gasteiger partial charge < -0.3 is 5.32 Å². The van der Waals surface area contributed by atoms with Crippen molar-refractivity contribution in [3.63, 3.8) is 0 Å². The third-order valence-corrected chi connectivity index (χ3v) is 3.97. The van der Waals surface area contributed by atoms with E-state index in [9.17, 15) is 4.79 Å². The molecule has 0 fully saturated rings. The number of carbonyl (C=O) groups excluding carboxylic acids is 1. The van der Waals surface area contributed by atoms with Crippen LogP contribution in [0.4, 0.5) is 0 Å². The first-order chi connectivity index (χ1) is 12.1. The summed E-state index contributed by atoms with van der Waals surface area (Å²) in [5, 5.41) is 7.35. The van der Waals surface area contributed by atoms with Gasteiger partial charge >= 0.3 is 0 Å². The number of hydrogen-bond acceptors (Lipinski definition) is 3. The summed E-state index contributed by atoms with van der Waals surface area (Å²) in [5.74, 6) is 0.604. The van der Waals surface area contributed by atoms with Crippen LogP contribution in [0, 0.1) is 13.8 Å². The van der Waals surface area contributed by atoms with Gasteiger partial charge in [0, 0.05) is 12.1 Å². The predicted octanol–water partition coefficient (Wildman–Crippen LogP) is 3.69. The normalized spacial score (nSPS) is 10.7. The molecule has 3 aromatic rings. The van der Waals surface area contributed by atoms with E-state index in [0.717, 1.165) is 28.8 Å².